The van der Waals surface area contributed by atoms with E-state index < -0.39 is 0 Å². The van der Waals surface area contributed by atoms with Crippen molar-refractivity contribution in [3.05, 3.63) is 72.6 Å². The van der Waals surface area contributed by atoms with Crippen LogP contribution in [0.3, 0.4) is 0 Å². The number of methoxy groups -OCH3 is 1. The zero-order chi connectivity index (χ0) is 17.1. The molecular formula is C20H17N3OS. The molecule has 0 bridgehead atoms. The number of benzene rings is 2. The molecule has 2 aromatic carbocycles. The number of aromatic nitrogens is 2. The molecule has 5 heteroatoms. The molecule has 0 unspecified atom stereocenters. The van der Waals surface area contributed by atoms with E-state index in [1.54, 1.807) is 18.4 Å². The van der Waals surface area contributed by atoms with Crippen molar-refractivity contribution in [2.75, 3.05) is 12.4 Å². The second-order valence-corrected chi connectivity index (χ2v) is 6.67. The maximum Gasteiger partial charge on any atom is 0.184 e. The smallest absolute Gasteiger partial charge is 0.184 e. The number of rotatable bonds is 5. The van der Waals surface area contributed by atoms with Crippen molar-refractivity contribution in [1.29, 1.82) is 0 Å². The zero-order valence-corrected chi connectivity index (χ0v) is 14.6. The first-order valence-electron chi connectivity index (χ1n) is 7.99. The zero-order valence-electron chi connectivity index (χ0n) is 13.8. The minimum Gasteiger partial charge on any atom is -0.497 e. The molecule has 0 spiro atoms. The van der Waals surface area contributed by atoms with Crippen LogP contribution in [0.5, 0.6) is 5.75 Å². The van der Waals surface area contributed by atoms with E-state index in [2.05, 4.69) is 45.6 Å². The summed E-state index contributed by atoms with van der Waals surface area (Å²) in [6.45, 7) is 0.737. The third-order valence-corrected chi connectivity index (χ3v) is 4.98. The van der Waals surface area contributed by atoms with E-state index in [1.165, 1.54) is 15.8 Å². The highest BCUT2D eigenvalue weighted by atomic mass is 32.1. The number of fused-ring (bicyclic) bond motifs is 1. The number of anilines is 1. The number of thiazole rings is 1. The largest absolute Gasteiger partial charge is 0.497 e. The van der Waals surface area contributed by atoms with Gasteiger partial charge in [-0.2, -0.15) is 0 Å². The minimum atomic E-state index is 0.737. The molecule has 4 aromatic rings. The second kappa shape index (κ2) is 6.91. The molecule has 0 saturated carbocycles. The molecule has 2 heterocycles. The minimum absolute atomic E-state index is 0.737. The van der Waals surface area contributed by atoms with Crippen molar-refractivity contribution in [2.24, 2.45) is 0 Å². The Morgan fingerprint density at radius 3 is 2.52 bits per heavy atom. The Hall–Kier alpha value is -2.92. The predicted octanol–water partition coefficient (Wildman–Crippen LogP) is 4.98. The molecule has 0 atom stereocenters. The molecule has 25 heavy (non-hydrogen) atoms. The molecule has 0 amide bonds. The van der Waals surface area contributed by atoms with Crippen LogP contribution >= 0.6 is 11.3 Å². The molecule has 2 aromatic heterocycles. The van der Waals surface area contributed by atoms with E-state index in [0.29, 0.717) is 0 Å². The van der Waals surface area contributed by atoms with Crippen molar-refractivity contribution in [3.8, 4) is 16.9 Å². The van der Waals surface area contributed by atoms with Crippen LogP contribution in [0.4, 0.5) is 5.13 Å². The third-order valence-electron chi connectivity index (χ3n) is 4.00. The summed E-state index contributed by atoms with van der Waals surface area (Å²) in [6, 6.07) is 18.4. The number of ether oxygens (including phenoxy) is 1. The fraction of sp³-hybridized carbons (Fsp3) is 0.100. The standard InChI is InChI=1S/C20H17N3OS/c1-24-17-5-2-14(3-6-17)13-22-20-23-18-7-4-16(12-19(18)25-20)15-8-10-21-11-9-15/h2-12H,13H2,1H3,(H,22,23). The number of nitrogens with one attached hydrogen (secondary N) is 1. The monoisotopic (exact) mass is 347 g/mol. The molecule has 0 aliphatic heterocycles. The summed E-state index contributed by atoms with van der Waals surface area (Å²) in [5.74, 6) is 0.868. The lowest BCUT2D eigenvalue weighted by molar-refractivity contribution is 0.414. The normalized spacial score (nSPS) is 10.8. The molecule has 0 radical (unpaired) electrons. The van der Waals surface area contributed by atoms with E-state index >= 15 is 0 Å². The number of hydrogen-bond donors (Lipinski definition) is 1. The number of pyridine rings is 1. The number of hydrogen-bond acceptors (Lipinski definition) is 5. The quantitative estimate of drug-likeness (QED) is 0.553. The fourth-order valence-electron chi connectivity index (χ4n) is 2.65. The second-order valence-electron chi connectivity index (χ2n) is 5.64. The van der Waals surface area contributed by atoms with Gasteiger partial charge in [0.15, 0.2) is 5.13 Å². The van der Waals surface area contributed by atoms with Gasteiger partial charge >= 0.3 is 0 Å². The SMILES string of the molecule is COc1ccc(CNc2nc3ccc(-c4ccncc4)cc3s2)cc1. The van der Waals surface area contributed by atoms with Crippen LogP contribution in [0.25, 0.3) is 21.3 Å². The van der Waals surface area contributed by atoms with E-state index in [4.69, 9.17) is 4.74 Å². The lowest BCUT2D eigenvalue weighted by Crippen LogP contribution is -1.98. The highest BCUT2D eigenvalue weighted by Gasteiger charge is 2.06. The lowest BCUT2D eigenvalue weighted by Gasteiger charge is -2.04. The van der Waals surface area contributed by atoms with Gasteiger partial charge in [0, 0.05) is 18.9 Å². The van der Waals surface area contributed by atoms with Crippen LogP contribution in [0, 0.1) is 0 Å². The van der Waals surface area contributed by atoms with Gasteiger partial charge in [-0.1, -0.05) is 29.5 Å². The van der Waals surface area contributed by atoms with Crippen molar-refractivity contribution in [3.63, 3.8) is 0 Å². The molecule has 1 N–H and O–H groups in total. The summed E-state index contributed by atoms with van der Waals surface area (Å²) >= 11 is 1.67. The first-order valence-corrected chi connectivity index (χ1v) is 8.81. The molecule has 0 aliphatic carbocycles. The van der Waals surface area contributed by atoms with Gasteiger partial charge in [-0.05, 0) is 53.1 Å². The van der Waals surface area contributed by atoms with Crippen molar-refractivity contribution >= 4 is 26.7 Å². The fourth-order valence-corrected chi connectivity index (χ4v) is 3.55. The molecule has 0 fully saturated rings. The Kier molecular flexibility index (Phi) is 4.31. The maximum absolute atomic E-state index is 5.18. The van der Waals surface area contributed by atoms with Crippen LogP contribution in [0.1, 0.15) is 5.56 Å². The predicted molar refractivity (Wildman–Crippen MR) is 103 cm³/mol. The molecule has 4 nitrogen and oxygen atoms in total. The van der Waals surface area contributed by atoms with Crippen LogP contribution in [0.2, 0.25) is 0 Å². The maximum atomic E-state index is 5.18. The van der Waals surface area contributed by atoms with Gasteiger partial charge in [0.1, 0.15) is 5.75 Å². The Morgan fingerprint density at radius 2 is 1.76 bits per heavy atom. The summed E-state index contributed by atoms with van der Waals surface area (Å²) in [5, 5.41) is 4.33. The molecule has 4 rings (SSSR count). The van der Waals surface area contributed by atoms with Crippen LogP contribution in [-0.2, 0) is 6.54 Å². The van der Waals surface area contributed by atoms with Crippen molar-refractivity contribution in [2.45, 2.75) is 6.54 Å². The first-order chi connectivity index (χ1) is 12.3. The van der Waals surface area contributed by atoms with Crippen LogP contribution in [-0.4, -0.2) is 17.1 Å². The van der Waals surface area contributed by atoms with Crippen LogP contribution in [0.15, 0.2) is 67.0 Å². The summed E-state index contributed by atoms with van der Waals surface area (Å²) < 4.78 is 6.36. The average molecular weight is 347 g/mol. The Labute approximate surface area is 150 Å². The van der Waals surface area contributed by atoms with Crippen molar-refractivity contribution < 1.29 is 4.74 Å². The molecular weight excluding hydrogens is 330 g/mol. The summed E-state index contributed by atoms with van der Waals surface area (Å²) in [7, 11) is 1.68. The Bertz CT molecular complexity index is 981. The average Bonchev–Trinajstić information content (AvgIpc) is 3.09. The van der Waals surface area contributed by atoms with Crippen molar-refractivity contribution in [1.82, 2.24) is 9.97 Å². The third kappa shape index (κ3) is 3.46. The first kappa shape index (κ1) is 15.6. The highest BCUT2D eigenvalue weighted by molar-refractivity contribution is 7.22. The van der Waals surface area contributed by atoms with Gasteiger partial charge in [0.05, 0.1) is 17.3 Å². The van der Waals surface area contributed by atoms with E-state index in [0.717, 1.165) is 28.5 Å². The molecule has 0 saturated heterocycles. The summed E-state index contributed by atoms with van der Waals surface area (Å²) in [6.07, 6.45) is 3.63. The lowest BCUT2D eigenvalue weighted by atomic mass is 10.1. The molecule has 0 aliphatic rings. The number of nitrogens with zero attached hydrogens (tertiary/aromatic N) is 2. The van der Waals surface area contributed by atoms with Gasteiger partial charge in [-0.3, -0.25) is 4.98 Å². The van der Waals surface area contributed by atoms with E-state index in [9.17, 15) is 0 Å². The summed E-state index contributed by atoms with van der Waals surface area (Å²) in [5.41, 5.74) is 4.55. The van der Waals surface area contributed by atoms with Gasteiger partial charge in [0.2, 0.25) is 0 Å². The van der Waals surface area contributed by atoms with Crippen LogP contribution < -0.4 is 10.1 Å². The summed E-state index contributed by atoms with van der Waals surface area (Å²) in [4.78, 5) is 8.74. The Morgan fingerprint density at radius 1 is 0.960 bits per heavy atom. The van der Waals surface area contributed by atoms with E-state index in [1.807, 2.05) is 36.7 Å². The van der Waals surface area contributed by atoms with Gasteiger partial charge in [-0.15, -0.1) is 0 Å². The van der Waals surface area contributed by atoms with Gasteiger partial charge in [-0.25, -0.2) is 4.98 Å². The van der Waals surface area contributed by atoms with Gasteiger partial charge in [0.25, 0.3) is 0 Å². The topological polar surface area (TPSA) is 47.0 Å². The highest BCUT2D eigenvalue weighted by Crippen LogP contribution is 2.30. The molecule has 124 valence electrons. The van der Waals surface area contributed by atoms with Gasteiger partial charge < -0.3 is 10.1 Å². The Balaban J connectivity index is 1.52. The van der Waals surface area contributed by atoms with E-state index in [-0.39, 0.29) is 0 Å².